The number of thioether (sulfide) groups is 1. The summed E-state index contributed by atoms with van der Waals surface area (Å²) < 4.78 is 23.3. The summed E-state index contributed by atoms with van der Waals surface area (Å²) in [5.74, 6) is -0.0349. The van der Waals surface area contributed by atoms with Crippen LogP contribution in [-0.2, 0) is 19.4 Å². The van der Waals surface area contributed by atoms with E-state index in [1.54, 1.807) is 11.8 Å². The van der Waals surface area contributed by atoms with Gasteiger partial charge in [0.05, 0.1) is 30.0 Å². The molecule has 2 aliphatic rings. The molecule has 0 radical (unpaired) electrons. The van der Waals surface area contributed by atoms with Crippen molar-refractivity contribution in [2.24, 2.45) is 0 Å². The van der Waals surface area contributed by atoms with Gasteiger partial charge in [-0.15, -0.1) is 0 Å². The van der Waals surface area contributed by atoms with Crippen molar-refractivity contribution < 1.29 is 23.1 Å². The van der Waals surface area contributed by atoms with Gasteiger partial charge in [-0.1, -0.05) is 0 Å². The fraction of sp³-hybridized carbons (Fsp3) is 0.818. The second-order valence-corrected chi connectivity index (χ2v) is 8.36. The summed E-state index contributed by atoms with van der Waals surface area (Å²) in [5.41, 5.74) is 0. The summed E-state index contributed by atoms with van der Waals surface area (Å²) in [6.45, 7) is 0.818. The lowest BCUT2D eigenvalue weighted by atomic mass is 10.1. The van der Waals surface area contributed by atoms with Gasteiger partial charge >= 0.3 is 5.97 Å². The summed E-state index contributed by atoms with van der Waals surface area (Å²) in [7, 11) is -3.26. The van der Waals surface area contributed by atoms with Crippen LogP contribution < -0.4 is 5.32 Å². The van der Waals surface area contributed by atoms with E-state index < -0.39 is 21.8 Å². The average molecular weight is 322 g/mol. The SMILES string of the molecule is O=C(O)CC1CS(=O)(=O)CCN1C(=O)C1CSCCN1. The maximum absolute atomic E-state index is 12.4. The van der Waals surface area contributed by atoms with Crippen LogP contribution in [0.4, 0.5) is 0 Å². The van der Waals surface area contributed by atoms with Gasteiger partial charge in [0.25, 0.3) is 0 Å². The predicted molar refractivity (Wildman–Crippen MR) is 75.5 cm³/mol. The van der Waals surface area contributed by atoms with Crippen LogP contribution in [0.3, 0.4) is 0 Å². The standard InChI is InChI=1S/C11H18N2O5S2/c14-10(15)5-8-7-20(17,18)4-2-13(8)11(16)9-6-19-3-1-12-9/h8-9,12H,1-7H2,(H,14,15). The summed E-state index contributed by atoms with van der Waals surface area (Å²) in [6.07, 6.45) is -0.329. The second kappa shape index (κ2) is 6.31. The van der Waals surface area contributed by atoms with Crippen LogP contribution in [0.5, 0.6) is 0 Å². The van der Waals surface area contributed by atoms with Gasteiger partial charge < -0.3 is 15.3 Å². The van der Waals surface area contributed by atoms with E-state index in [2.05, 4.69) is 5.32 Å². The number of sulfone groups is 1. The van der Waals surface area contributed by atoms with E-state index in [1.165, 1.54) is 4.90 Å². The number of carbonyl (C=O) groups excluding carboxylic acids is 1. The lowest BCUT2D eigenvalue weighted by Crippen LogP contribution is -2.58. The number of nitrogens with one attached hydrogen (secondary N) is 1. The van der Waals surface area contributed by atoms with Gasteiger partial charge in [0.1, 0.15) is 0 Å². The van der Waals surface area contributed by atoms with E-state index in [4.69, 9.17) is 5.11 Å². The van der Waals surface area contributed by atoms with Crippen molar-refractivity contribution >= 4 is 33.5 Å². The first-order chi connectivity index (χ1) is 9.39. The molecule has 0 aromatic carbocycles. The van der Waals surface area contributed by atoms with E-state index in [-0.39, 0.29) is 36.4 Å². The zero-order valence-corrected chi connectivity index (χ0v) is 12.6. The number of carbonyl (C=O) groups is 2. The van der Waals surface area contributed by atoms with Gasteiger partial charge in [-0.2, -0.15) is 11.8 Å². The largest absolute Gasteiger partial charge is 0.481 e. The zero-order chi connectivity index (χ0) is 14.8. The fourth-order valence-electron chi connectivity index (χ4n) is 2.47. The summed E-state index contributed by atoms with van der Waals surface area (Å²) in [6, 6.07) is -1.10. The van der Waals surface area contributed by atoms with Crippen LogP contribution in [0.2, 0.25) is 0 Å². The van der Waals surface area contributed by atoms with Crippen molar-refractivity contribution in [1.29, 1.82) is 0 Å². The van der Waals surface area contributed by atoms with Crippen molar-refractivity contribution in [1.82, 2.24) is 10.2 Å². The molecule has 2 fully saturated rings. The Kier molecular flexibility index (Phi) is 4.92. The maximum atomic E-state index is 12.4. The lowest BCUT2D eigenvalue weighted by molar-refractivity contribution is -0.141. The van der Waals surface area contributed by atoms with Gasteiger partial charge in [-0.05, 0) is 0 Å². The third-order valence-corrected chi connectivity index (χ3v) is 6.20. The Morgan fingerprint density at radius 2 is 2.15 bits per heavy atom. The average Bonchev–Trinajstić information content (AvgIpc) is 2.37. The number of hydrogen-bond donors (Lipinski definition) is 2. The Morgan fingerprint density at radius 1 is 1.40 bits per heavy atom. The molecule has 2 unspecified atom stereocenters. The minimum absolute atomic E-state index is 0.0853. The molecule has 0 spiro atoms. The first kappa shape index (κ1) is 15.6. The van der Waals surface area contributed by atoms with Gasteiger partial charge in [0, 0.05) is 24.6 Å². The van der Waals surface area contributed by atoms with Gasteiger partial charge in [-0.3, -0.25) is 9.59 Å². The molecule has 2 N–H and O–H groups in total. The summed E-state index contributed by atoms with van der Waals surface area (Å²) >= 11 is 1.67. The third kappa shape index (κ3) is 3.86. The number of carboxylic acids is 1. The molecule has 0 aliphatic carbocycles. The molecule has 0 aromatic rings. The van der Waals surface area contributed by atoms with E-state index in [0.29, 0.717) is 5.75 Å². The molecule has 20 heavy (non-hydrogen) atoms. The molecule has 2 aliphatic heterocycles. The predicted octanol–water partition coefficient (Wildman–Crippen LogP) is -1.21. The smallest absolute Gasteiger partial charge is 0.305 e. The zero-order valence-electron chi connectivity index (χ0n) is 10.9. The van der Waals surface area contributed by atoms with Crippen LogP contribution in [0.1, 0.15) is 6.42 Å². The molecule has 2 rings (SSSR count). The molecule has 2 atom stereocenters. The Balaban J connectivity index is 2.10. The van der Waals surface area contributed by atoms with Crippen LogP contribution >= 0.6 is 11.8 Å². The molecule has 0 bridgehead atoms. The van der Waals surface area contributed by atoms with Gasteiger partial charge in [0.15, 0.2) is 9.84 Å². The van der Waals surface area contributed by atoms with Crippen LogP contribution in [0, 0.1) is 0 Å². The molecule has 0 aromatic heterocycles. The normalized spacial score (nSPS) is 29.9. The monoisotopic (exact) mass is 322 g/mol. The molecule has 2 saturated heterocycles. The Morgan fingerprint density at radius 3 is 2.75 bits per heavy atom. The minimum atomic E-state index is -3.26. The van der Waals surface area contributed by atoms with E-state index in [0.717, 1.165) is 12.3 Å². The summed E-state index contributed by atoms with van der Waals surface area (Å²) in [5, 5.41) is 12.0. The van der Waals surface area contributed by atoms with Crippen LogP contribution in [-0.4, -0.2) is 78.5 Å². The topological polar surface area (TPSA) is 104 Å². The Hall–Kier alpha value is -0.800. The highest BCUT2D eigenvalue weighted by atomic mass is 32.2. The Bertz CT molecular complexity index is 487. The van der Waals surface area contributed by atoms with E-state index in [9.17, 15) is 18.0 Å². The molecule has 9 heteroatoms. The number of carboxylic acid groups (broad SMARTS) is 1. The number of rotatable bonds is 3. The van der Waals surface area contributed by atoms with Crippen LogP contribution in [0.15, 0.2) is 0 Å². The van der Waals surface area contributed by atoms with Gasteiger partial charge in [0.2, 0.25) is 5.91 Å². The van der Waals surface area contributed by atoms with Crippen molar-refractivity contribution in [3.8, 4) is 0 Å². The third-order valence-electron chi connectivity index (χ3n) is 3.44. The van der Waals surface area contributed by atoms with Crippen LogP contribution in [0.25, 0.3) is 0 Å². The lowest BCUT2D eigenvalue weighted by Gasteiger charge is -2.37. The molecule has 2 heterocycles. The Labute approximate surface area is 122 Å². The number of hydrogen-bond acceptors (Lipinski definition) is 6. The van der Waals surface area contributed by atoms with Crippen molar-refractivity contribution in [2.45, 2.75) is 18.5 Å². The molecule has 7 nitrogen and oxygen atoms in total. The highest BCUT2D eigenvalue weighted by Crippen LogP contribution is 2.18. The molecular formula is C11H18N2O5S2. The first-order valence-electron chi connectivity index (χ1n) is 6.43. The quantitative estimate of drug-likeness (QED) is 0.672. The van der Waals surface area contributed by atoms with E-state index in [1.807, 2.05) is 0 Å². The van der Waals surface area contributed by atoms with Gasteiger partial charge in [-0.25, -0.2) is 8.42 Å². The van der Waals surface area contributed by atoms with Crippen molar-refractivity contribution in [2.75, 3.05) is 36.1 Å². The number of aliphatic carboxylic acids is 1. The molecule has 1 amide bonds. The highest BCUT2D eigenvalue weighted by Gasteiger charge is 2.38. The number of nitrogens with zero attached hydrogens (tertiary/aromatic N) is 1. The first-order valence-corrected chi connectivity index (χ1v) is 9.40. The van der Waals surface area contributed by atoms with Crippen molar-refractivity contribution in [3.05, 3.63) is 0 Å². The molecule has 0 saturated carbocycles. The highest BCUT2D eigenvalue weighted by molar-refractivity contribution is 7.99. The van der Waals surface area contributed by atoms with E-state index >= 15 is 0 Å². The second-order valence-electron chi connectivity index (χ2n) is 4.98. The minimum Gasteiger partial charge on any atom is -0.481 e. The maximum Gasteiger partial charge on any atom is 0.305 e. The fourth-order valence-corrected chi connectivity index (χ4v) is 4.92. The van der Waals surface area contributed by atoms with Crippen molar-refractivity contribution in [3.63, 3.8) is 0 Å². The number of amides is 1. The molecular weight excluding hydrogens is 304 g/mol. The molecule has 114 valence electrons. The summed E-state index contributed by atoms with van der Waals surface area (Å²) in [4.78, 5) is 24.7.